The van der Waals surface area contributed by atoms with E-state index in [1.165, 1.54) is 11.3 Å². The van der Waals surface area contributed by atoms with Crippen molar-refractivity contribution in [3.8, 4) is 0 Å². The lowest BCUT2D eigenvalue weighted by Crippen LogP contribution is -2.67. The van der Waals surface area contributed by atoms with Crippen molar-refractivity contribution in [3.05, 3.63) is 84.9 Å². The van der Waals surface area contributed by atoms with Crippen LogP contribution in [0.2, 0.25) is 13.1 Å². The molecule has 0 atom stereocenters. The molecule has 3 aromatic rings. The normalized spacial score (nSPS) is 18.2. The molecular weight excluding hydrogens is 572 g/mol. The Balaban J connectivity index is 1.79. The highest BCUT2D eigenvalue weighted by atomic mass is 28.3. The van der Waals surface area contributed by atoms with Crippen molar-refractivity contribution in [2.24, 2.45) is 0 Å². The van der Waals surface area contributed by atoms with Crippen LogP contribution in [-0.4, -0.2) is 40.7 Å². The molecule has 4 nitrogen and oxygen atoms in total. The zero-order valence-corrected chi connectivity index (χ0v) is 25.9. The summed E-state index contributed by atoms with van der Waals surface area (Å²) in [5.41, 5.74) is 4.37. The summed E-state index contributed by atoms with van der Waals surface area (Å²) in [4.78, 5) is 14.9. The van der Waals surface area contributed by atoms with Crippen LogP contribution < -0.4 is 35.5 Å². The highest BCUT2D eigenvalue weighted by molar-refractivity contribution is 7.02. The van der Waals surface area contributed by atoms with Crippen molar-refractivity contribution in [1.29, 1.82) is 0 Å². The monoisotopic (exact) mass is 606 g/mol. The molecule has 0 radical (unpaired) electrons. The number of benzene rings is 3. The minimum absolute atomic E-state index is 0.138. The zero-order chi connectivity index (χ0) is 30.5. The summed E-state index contributed by atoms with van der Waals surface area (Å²) in [7, 11) is -0.527. The lowest BCUT2D eigenvalue weighted by atomic mass is 9.83. The summed E-state index contributed by atoms with van der Waals surface area (Å²) < 4.78 is 63.3. The topological polar surface area (TPSA) is 46.4 Å². The number of aromatic carboxylic acids is 1. The first-order valence-electron chi connectivity index (χ1n) is 15.3. The Bertz CT molecular complexity index is 1920. The van der Waals surface area contributed by atoms with Crippen molar-refractivity contribution in [2.45, 2.75) is 65.0 Å². The van der Waals surface area contributed by atoms with E-state index >= 15 is 13.2 Å². The molecule has 9 heteroatoms. The molecule has 0 N–H and O–H groups in total. The summed E-state index contributed by atoms with van der Waals surface area (Å²) in [5.74, 6) is -9.89. The molecule has 0 bridgehead atoms. The number of carbonyl (C=O) groups excluding carboxylic acids is 1. The van der Waals surface area contributed by atoms with Gasteiger partial charge >= 0.3 is 0 Å². The van der Waals surface area contributed by atoms with E-state index in [1.807, 2.05) is 19.1 Å². The average Bonchev–Trinajstić information content (AvgIpc) is 2.97. The van der Waals surface area contributed by atoms with Crippen LogP contribution in [-0.2, 0) is 25.7 Å². The second-order valence-electron chi connectivity index (χ2n) is 12.9. The maximum absolute atomic E-state index is 16.1. The van der Waals surface area contributed by atoms with Crippen molar-refractivity contribution in [1.82, 2.24) is 4.58 Å². The van der Waals surface area contributed by atoms with E-state index in [0.717, 1.165) is 90.6 Å². The Kier molecular flexibility index (Phi) is 6.44. The number of halogens is 4. The molecule has 7 rings (SSSR count). The van der Waals surface area contributed by atoms with Crippen LogP contribution >= 0.6 is 0 Å². The molecule has 0 spiro atoms. The van der Waals surface area contributed by atoms with Gasteiger partial charge in [0.2, 0.25) is 5.36 Å². The molecule has 3 aromatic carbocycles. The van der Waals surface area contributed by atoms with Gasteiger partial charge in [-0.2, -0.15) is 0 Å². The van der Waals surface area contributed by atoms with E-state index < -0.39 is 48.4 Å². The third-order valence-corrected chi connectivity index (χ3v) is 13.8. The predicted molar refractivity (Wildman–Crippen MR) is 160 cm³/mol. The fourth-order valence-corrected chi connectivity index (χ4v) is 12.6. The summed E-state index contributed by atoms with van der Waals surface area (Å²) in [5, 5.41) is 16.3. The van der Waals surface area contributed by atoms with Crippen LogP contribution in [0.4, 0.5) is 23.2 Å². The van der Waals surface area contributed by atoms with Crippen molar-refractivity contribution in [3.63, 3.8) is 0 Å². The van der Waals surface area contributed by atoms with Crippen molar-refractivity contribution >= 4 is 35.7 Å². The van der Waals surface area contributed by atoms with Gasteiger partial charge in [0.15, 0.2) is 23.3 Å². The number of rotatable bonds is 3. The second-order valence-corrected chi connectivity index (χ2v) is 17.2. The lowest BCUT2D eigenvalue weighted by Gasteiger charge is -2.43. The standard InChI is InChI=1S/C34H34F4N2O2Si/c1-5-17-15-21-23(24-25(34(41)42)27(36)29(38)28(37)26(24)35)22-16-18-9-6-13-40-14-8-11-20(31(18)40)33(22)43(3,4)32(21)19-10-7-12-39(2)30(17)19/h15-16H,5-14H2,1-4H3. The first kappa shape index (κ1) is 28.3. The number of anilines is 1. The molecule has 0 fully saturated rings. The van der Waals surface area contributed by atoms with E-state index in [4.69, 9.17) is 0 Å². The fourth-order valence-electron chi connectivity index (χ4n) is 8.66. The maximum atomic E-state index is 16.1. The molecule has 4 aliphatic rings. The highest BCUT2D eigenvalue weighted by Gasteiger charge is 2.44. The van der Waals surface area contributed by atoms with Crippen LogP contribution in [0.1, 0.15) is 69.9 Å². The number of aryl methyl sites for hydroxylation is 2. The number of hydrogen-bond donors (Lipinski definition) is 0. The third kappa shape index (κ3) is 3.79. The van der Waals surface area contributed by atoms with Gasteiger partial charge in [-0.1, -0.05) is 20.0 Å². The first-order valence-corrected chi connectivity index (χ1v) is 18.3. The molecule has 0 saturated heterocycles. The minimum atomic E-state index is -2.59. The lowest BCUT2D eigenvalue weighted by molar-refractivity contribution is -0.255. The molecular formula is C34H34F4N2O2Si. The fraction of sp³-hybridized carbons (Fsp3) is 0.412. The number of carbonyl (C=O) groups is 1. The predicted octanol–water partition coefficient (Wildman–Crippen LogP) is 2.32. The smallest absolute Gasteiger partial charge is 0.206 e. The Labute approximate surface area is 249 Å². The number of nitrogens with zero attached hydrogens (tertiary/aromatic N) is 2. The van der Waals surface area contributed by atoms with E-state index in [9.17, 15) is 14.3 Å². The number of carboxylic acid groups (broad SMARTS) is 1. The van der Waals surface area contributed by atoms with Crippen molar-refractivity contribution < 1.29 is 27.5 Å². The van der Waals surface area contributed by atoms with E-state index in [1.54, 1.807) is 0 Å². The molecule has 224 valence electrons. The third-order valence-electron chi connectivity index (χ3n) is 10.2. The van der Waals surface area contributed by atoms with Gasteiger partial charge in [0.1, 0.15) is 21.7 Å². The number of carboxylic acids is 1. The van der Waals surface area contributed by atoms with Gasteiger partial charge in [-0.05, 0) is 88.5 Å². The molecule has 4 aliphatic heterocycles. The molecule has 4 heterocycles. The maximum Gasteiger partial charge on any atom is 0.206 e. The zero-order valence-electron chi connectivity index (χ0n) is 24.9. The molecule has 0 unspecified atom stereocenters. The van der Waals surface area contributed by atoms with Gasteiger partial charge in [-0.15, -0.1) is 0 Å². The van der Waals surface area contributed by atoms with Gasteiger partial charge in [-0.25, -0.2) is 22.1 Å². The summed E-state index contributed by atoms with van der Waals surface area (Å²) >= 11 is 0. The first-order chi connectivity index (χ1) is 20.5. The average molecular weight is 607 g/mol. The van der Waals surface area contributed by atoms with Gasteiger partial charge in [0.25, 0.3) is 0 Å². The van der Waals surface area contributed by atoms with Gasteiger partial charge in [-0.3, -0.25) is 0 Å². The quantitative estimate of drug-likeness (QED) is 0.151. The van der Waals surface area contributed by atoms with E-state index in [2.05, 4.69) is 29.6 Å². The molecule has 0 amide bonds. The second kappa shape index (κ2) is 9.77. The van der Waals surface area contributed by atoms with Crippen LogP contribution in [0.5, 0.6) is 0 Å². The summed E-state index contributed by atoms with van der Waals surface area (Å²) in [6, 6.07) is 3.98. The van der Waals surface area contributed by atoms with Gasteiger partial charge in [0, 0.05) is 47.5 Å². The Morgan fingerprint density at radius 2 is 1.60 bits per heavy atom. The van der Waals surface area contributed by atoms with Crippen LogP contribution in [0.3, 0.4) is 0 Å². The Morgan fingerprint density at radius 1 is 0.930 bits per heavy atom. The number of fused-ring (bicyclic) bond motifs is 5. The van der Waals surface area contributed by atoms with Crippen LogP contribution in [0, 0.1) is 23.3 Å². The van der Waals surface area contributed by atoms with Crippen molar-refractivity contribution in [2.75, 3.05) is 31.6 Å². The SMILES string of the molecule is CCc1cc2c(c3c1=[N+](C)CCC3)[Si](C)(C)c1c(cc3c4c1CCCN4CCC3)C=2c1c(F)c(F)c(F)c(F)c1C(=O)[O-]. The molecule has 0 saturated carbocycles. The largest absolute Gasteiger partial charge is 0.545 e. The van der Waals surface area contributed by atoms with Crippen LogP contribution in [0.15, 0.2) is 12.1 Å². The summed E-state index contributed by atoms with van der Waals surface area (Å²) in [6.45, 7) is 9.39. The molecule has 43 heavy (non-hydrogen) atoms. The van der Waals surface area contributed by atoms with Gasteiger partial charge in [0.05, 0.1) is 5.97 Å². The molecule has 0 aromatic heterocycles. The molecule has 0 aliphatic carbocycles. The van der Waals surface area contributed by atoms with E-state index in [-0.39, 0.29) is 5.57 Å². The Hall–Kier alpha value is -3.46. The Morgan fingerprint density at radius 3 is 2.30 bits per heavy atom. The highest BCUT2D eigenvalue weighted by Crippen LogP contribution is 2.41. The summed E-state index contributed by atoms with van der Waals surface area (Å²) in [6.07, 6.45) is 5.88. The number of hydrogen-bond acceptors (Lipinski definition) is 3. The van der Waals surface area contributed by atoms with Gasteiger partial charge < -0.3 is 14.8 Å². The van der Waals surface area contributed by atoms with Crippen LogP contribution in [0.25, 0.3) is 5.57 Å². The minimum Gasteiger partial charge on any atom is -0.545 e. The van der Waals surface area contributed by atoms with E-state index in [0.29, 0.717) is 17.2 Å².